The van der Waals surface area contributed by atoms with Crippen LogP contribution in [-0.4, -0.2) is 98.6 Å². The molecule has 2 saturated heterocycles. The topological polar surface area (TPSA) is 207 Å². The molecule has 0 bridgehead atoms. The van der Waals surface area contributed by atoms with Gasteiger partial charge in [-0.15, -0.1) is 11.3 Å². The lowest BCUT2D eigenvalue weighted by atomic mass is 9.85. The lowest BCUT2D eigenvalue weighted by Gasteiger charge is -2.35. The van der Waals surface area contributed by atoms with Gasteiger partial charge in [-0.1, -0.05) is 76.8 Å². The minimum atomic E-state index is -1.02. The molecule has 6 rings (SSSR count). The van der Waals surface area contributed by atoms with Gasteiger partial charge in [-0.3, -0.25) is 43.8 Å². The molecule has 320 valence electrons. The number of aryl methyl sites for hydroxylation is 1. The highest BCUT2D eigenvalue weighted by Crippen LogP contribution is 2.33. The molecule has 3 aromatic rings. The summed E-state index contributed by atoms with van der Waals surface area (Å²) in [5.74, 6) is -3.15. The standard InChI is InChI=1S/C44H55N7O8S/c1-26-37(60-25-47-26)28-17-15-27(16-18-28)23-46-39(55)33-22-29(52)24-50(33)43(59)38(44(2,3)4)48-34(53)14-9-7-5-6-8-10-21-45-31-13-11-12-30-36(31)42(58)51(41(30)57)32-19-20-35(54)49-40(32)56/h11-13,15-18,25,29,32-33,38,45,52H,5-10,14,19-24H2,1-4H3,(H,46,55)(H,48,53)(H,49,54,56). The van der Waals surface area contributed by atoms with E-state index < -0.39 is 59.2 Å². The molecule has 4 atom stereocenters. The summed E-state index contributed by atoms with van der Waals surface area (Å²) >= 11 is 1.57. The Hall–Kier alpha value is -5.48. The number of benzene rings is 2. The number of hydrogen-bond acceptors (Lipinski definition) is 11. The van der Waals surface area contributed by atoms with Gasteiger partial charge in [-0.2, -0.15) is 0 Å². The Bertz CT molecular complexity index is 2110. The molecular formula is C44H55N7O8S. The van der Waals surface area contributed by atoms with Gasteiger partial charge in [-0.05, 0) is 54.9 Å². The van der Waals surface area contributed by atoms with Crippen molar-refractivity contribution in [2.24, 2.45) is 5.41 Å². The molecule has 0 aliphatic carbocycles. The summed E-state index contributed by atoms with van der Waals surface area (Å²) in [5.41, 5.74) is 5.07. The second kappa shape index (κ2) is 19.3. The zero-order valence-corrected chi connectivity index (χ0v) is 35.5. The molecule has 4 heterocycles. The number of likely N-dealkylation sites (tertiary alicyclic amines) is 1. The number of amides is 7. The molecular weight excluding hydrogens is 787 g/mol. The highest BCUT2D eigenvalue weighted by Gasteiger charge is 2.46. The molecule has 5 N–H and O–H groups in total. The van der Waals surface area contributed by atoms with Gasteiger partial charge in [-0.25, -0.2) is 4.98 Å². The summed E-state index contributed by atoms with van der Waals surface area (Å²) in [4.78, 5) is 98.7. The number of aliphatic hydroxyl groups excluding tert-OH is 1. The van der Waals surface area contributed by atoms with Crippen LogP contribution in [0.15, 0.2) is 48.0 Å². The molecule has 2 aromatic carbocycles. The van der Waals surface area contributed by atoms with E-state index in [2.05, 4.69) is 26.3 Å². The van der Waals surface area contributed by atoms with Crippen LogP contribution in [0.3, 0.4) is 0 Å². The normalized spacial score (nSPS) is 19.6. The van der Waals surface area contributed by atoms with Crippen LogP contribution in [-0.2, 0) is 30.5 Å². The van der Waals surface area contributed by atoms with Crippen LogP contribution in [0.2, 0.25) is 0 Å². The molecule has 3 aliphatic rings. The summed E-state index contributed by atoms with van der Waals surface area (Å²) in [6.07, 6.45) is 4.67. The number of hydrogen-bond donors (Lipinski definition) is 5. The molecule has 15 nitrogen and oxygen atoms in total. The van der Waals surface area contributed by atoms with Crippen molar-refractivity contribution < 1.29 is 38.7 Å². The fraction of sp³-hybridized carbons (Fsp3) is 0.500. The van der Waals surface area contributed by atoms with Crippen LogP contribution >= 0.6 is 11.3 Å². The van der Waals surface area contributed by atoms with Crippen molar-refractivity contribution in [3.63, 3.8) is 0 Å². The Kier molecular flexibility index (Phi) is 14.2. The highest BCUT2D eigenvalue weighted by atomic mass is 32.1. The van der Waals surface area contributed by atoms with Crippen LogP contribution in [0.25, 0.3) is 10.4 Å². The van der Waals surface area contributed by atoms with E-state index in [4.69, 9.17) is 0 Å². The van der Waals surface area contributed by atoms with E-state index >= 15 is 0 Å². The third-order valence-corrected chi connectivity index (χ3v) is 12.3. The Labute approximate surface area is 354 Å². The summed E-state index contributed by atoms with van der Waals surface area (Å²) in [7, 11) is 0. The lowest BCUT2D eigenvalue weighted by Crippen LogP contribution is -2.57. The van der Waals surface area contributed by atoms with E-state index in [0.717, 1.165) is 58.7 Å². The molecule has 4 unspecified atom stereocenters. The zero-order valence-electron chi connectivity index (χ0n) is 34.7. The first-order valence-corrected chi connectivity index (χ1v) is 21.7. The van der Waals surface area contributed by atoms with Crippen LogP contribution in [0, 0.1) is 12.3 Å². The summed E-state index contributed by atoms with van der Waals surface area (Å²) in [6.45, 7) is 8.39. The molecule has 3 aliphatic heterocycles. The zero-order chi connectivity index (χ0) is 43.1. The first-order chi connectivity index (χ1) is 28.6. The van der Waals surface area contributed by atoms with Gasteiger partial charge in [0, 0.05) is 44.6 Å². The van der Waals surface area contributed by atoms with E-state index in [0.29, 0.717) is 18.7 Å². The lowest BCUT2D eigenvalue weighted by molar-refractivity contribution is -0.144. The minimum Gasteiger partial charge on any atom is -0.391 e. The maximum atomic E-state index is 14.0. The Morgan fingerprint density at radius 1 is 0.967 bits per heavy atom. The summed E-state index contributed by atoms with van der Waals surface area (Å²) in [6, 6.07) is 10.1. The molecule has 7 amide bonds. The van der Waals surface area contributed by atoms with Crippen molar-refractivity contribution in [3.05, 3.63) is 70.4 Å². The molecule has 2 fully saturated rings. The molecule has 0 spiro atoms. The second-order valence-electron chi connectivity index (χ2n) is 16.9. The number of unbranched alkanes of at least 4 members (excludes halogenated alkanes) is 5. The van der Waals surface area contributed by atoms with Crippen molar-refractivity contribution in [2.45, 2.75) is 123 Å². The predicted molar refractivity (Wildman–Crippen MR) is 226 cm³/mol. The number of carbonyl (C=O) groups is 7. The largest absolute Gasteiger partial charge is 0.391 e. The van der Waals surface area contributed by atoms with Gasteiger partial charge in [0.2, 0.25) is 29.5 Å². The first kappa shape index (κ1) is 44.1. The predicted octanol–water partition coefficient (Wildman–Crippen LogP) is 4.47. The van der Waals surface area contributed by atoms with Gasteiger partial charge in [0.15, 0.2) is 0 Å². The van der Waals surface area contributed by atoms with Crippen molar-refractivity contribution in [2.75, 3.05) is 18.4 Å². The number of nitrogens with one attached hydrogen (secondary N) is 4. The number of carbonyl (C=O) groups excluding carboxylic acids is 7. The number of piperidine rings is 1. The number of aromatic nitrogens is 1. The summed E-state index contributed by atoms with van der Waals surface area (Å²) in [5, 5.41) is 21.9. The number of nitrogens with zero attached hydrogens (tertiary/aromatic N) is 3. The number of aliphatic hydroxyl groups is 1. The Morgan fingerprint density at radius 3 is 2.37 bits per heavy atom. The number of β-amino-alcohol motifs (C(OH)–C–C–N with tert-alkyl or cyclic N) is 1. The number of rotatable bonds is 17. The molecule has 16 heteroatoms. The van der Waals surface area contributed by atoms with Crippen molar-refractivity contribution in [3.8, 4) is 10.4 Å². The van der Waals surface area contributed by atoms with Gasteiger partial charge in [0.25, 0.3) is 11.8 Å². The smallest absolute Gasteiger partial charge is 0.264 e. The first-order valence-electron chi connectivity index (χ1n) is 20.8. The summed E-state index contributed by atoms with van der Waals surface area (Å²) < 4.78 is 0. The molecule has 60 heavy (non-hydrogen) atoms. The maximum Gasteiger partial charge on any atom is 0.264 e. The minimum absolute atomic E-state index is 0.00625. The maximum absolute atomic E-state index is 14.0. The monoisotopic (exact) mass is 841 g/mol. The van der Waals surface area contributed by atoms with Crippen LogP contribution in [0.4, 0.5) is 5.69 Å². The number of thiazole rings is 1. The average molecular weight is 842 g/mol. The van der Waals surface area contributed by atoms with Crippen molar-refractivity contribution in [1.82, 2.24) is 30.7 Å². The average Bonchev–Trinajstić information content (AvgIpc) is 3.90. The highest BCUT2D eigenvalue weighted by molar-refractivity contribution is 7.13. The van der Waals surface area contributed by atoms with Gasteiger partial charge >= 0.3 is 0 Å². The third-order valence-electron chi connectivity index (χ3n) is 11.3. The fourth-order valence-electron chi connectivity index (χ4n) is 8.02. The quantitative estimate of drug-likeness (QED) is 0.0952. The van der Waals surface area contributed by atoms with E-state index in [1.165, 1.54) is 4.90 Å². The Balaban J connectivity index is 0.904. The fourth-order valence-corrected chi connectivity index (χ4v) is 8.83. The molecule has 1 aromatic heterocycles. The second-order valence-corrected chi connectivity index (χ2v) is 17.8. The van der Waals surface area contributed by atoms with E-state index in [-0.39, 0.29) is 61.7 Å². The van der Waals surface area contributed by atoms with E-state index in [9.17, 15) is 38.7 Å². The van der Waals surface area contributed by atoms with E-state index in [1.54, 1.807) is 29.5 Å². The van der Waals surface area contributed by atoms with Crippen LogP contribution in [0.1, 0.15) is 117 Å². The van der Waals surface area contributed by atoms with Gasteiger partial charge in [0.05, 0.1) is 33.3 Å². The SMILES string of the molecule is Cc1ncsc1-c1ccc(CNC(=O)C2CC(O)CN2C(=O)C(NC(=O)CCCCCCCCNc2cccc3c2C(=O)N(C2CCC(=O)NC2=O)C3=O)C(C)(C)C)cc1. The number of anilines is 1. The molecule has 0 radical (unpaired) electrons. The third kappa shape index (κ3) is 10.3. The van der Waals surface area contributed by atoms with Gasteiger partial charge < -0.3 is 26.0 Å². The molecule has 0 saturated carbocycles. The Morgan fingerprint density at radius 2 is 1.68 bits per heavy atom. The van der Waals surface area contributed by atoms with Crippen LogP contribution in [0.5, 0.6) is 0 Å². The van der Waals surface area contributed by atoms with Crippen LogP contribution < -0.4 is 21.3 Å². The van der Waals surface area contributed by atoms with Crippen molar-refractivity contribution >= 4 is 58.4 Å². The van der Waals surface area contributed by atoms with Crippen molar-refractivity contribution in [1.29, 1.82) is 0 Å². The number of imide groups is 2. The van der Waals surface area contributed by atoms with E-state index in [1.807, 2.05) is 57.5 Å². The van der Waals surface area contributed by atoms with Gasteiger partial charge in [0.1, 0.15) is 18.1 Å². The number of fused-ring (bicyclic) bond motifs is 1.